The Morgan fingerprint density at radius 3 is 3.00 bits per heavy atom. The molecule has 16 heavy (non-hydrogen) atoms. The Labute approximate surface area is 92.1 Å². The maximum atomic E-state index is 11.5. The summed E-state index contributed by atoms with van der Waals surface area (Å²) in [6, 6.07) is 5.53. The normalized spacial score (nSPS) is 10.1. The molecule has 0 atom stereocenters. The van der Waals surface area contributed by atoms with Crippen LogP contribution in [0.5, 0.6) is 0 Å². The van der Waals surface area contributed by atoms with E-state index in [9.17, 15) is 4.79 Å². The van der Waals surface area contributed by atoms with Crippen molar-refractivity contribution in [1.29, 1.82) is 0 Å². The summed E-state index contributed by atoms with van der Waals surface area (Å²) in [6.07, 6.45) is 1.68. The number of rotatable bonds is 3. The van der Waals surface area contributed by atoms with Crippen LogP contribution in [0, 0.1) is 6.92 Å². The molecule has 0 fully saturated rings. The molecule has 2 aromatic heterocycles. The molecule has 2 aromatic rings. The largest absolute Gasteiger partial charge is 0.344 e. The van der Waals surface area contributed by atoms with E-state index in [1.54, 1.807) is 13.1 Å². The fourth-order valence-corrected chi connectivity index (χ4v) is 1.20. The minimum atomic E-state index is -0.310. The minimum Gasteiger partial charge on any atom is -0.344 e. The molecule has 0 spiro atoms. The maximum absolute atomic E-state index is 11.5. The van der Waals surface area contributed by atoms with E-state index in [4.69, 9.17) is 0 Å². The van der Waals surface area contributed by atoms with Crippen molar-refractivity contribution >= 4 is 5.91 Å². The summed E-state index contributed by atoms with van der Waals surface area (Å²) in [7, 11) is 0. The predicted octanol–water partition coefficient (Wildman–Crippen LogP) is 0.438. The van der Waals surface area contributed by atoms with Crippen molar-refractivity contribution in [3.63, 3.8) is 0 Å². The van der Waals surface area contributed by atoms with E-state index in [1.165, 1.54) is 0 Å². The van der Waals surface area contributed by atoms with Gasteiger partial charge in [0, 0.05) is 6.20 Å². The monoisotopic (exact) mass is 217 g/mol. The van der Waals surface area contributed by atoms with Crippen molar-refractivity contribution < 1.29 is 4.79 Å². The summed E-state index contributed by atoms with van der Waals surface area (Å²) in [6.45, 7) is 2.11. The van der Waals surface area contributed by atoms with Gasteiger partial charge in [-0.15, -0.1) is 5.10 Å². The van der Waals surface area contributed by atoms with Gasteiger partial charge in [0.05, 0.1) is 12.2 Å². The standard InChI is InChI=1S/C10H11N5O/c1-7-13-9(15-14-7)10(16)12-6-8-4-2-3-5-11-8/h2-5H,6H2,1H3,(H,12,16)(H,13,14,15). The number of hydrogen-bond acceptors (Lipinski definition) is 4. The van der Waals surface area contributed by atoms with Gasteiger partial charge in [0.15, 0.2) is 0 Å². The molecule has 0 aliphatic rings. The fraction of sp³-hybridized carbons (Fsp3) is 0.200. The Bertz CT molecular complexity index is 479. The van der Waals surface area contributed by atoms with E-state index in [0.717, 1.165) is 5.69 Å². The van der Waals surface area contributed by atoms with E-state index in [0.29, 0.717) is 12.4 Å². The molecular weight excluding hydrogens is 206 g/mol. The van der Waals surface area contributed by atoms with E-state index >= 15 is 0 Å². The Hall–Kier alpha value is -2.24. The number of amides is 1. The molecule has 2 N–H and O–H groups in total. The molecule has 6 heteroatoms. The number of aryl methyl sites for hydroxylation is 1. The Kier molecular flexibility index (Phi) is 2.90. The molecule has 0 radical (unpaired) electrons. The third-order valence-electron chi connectivity index (χ3n) is 1.96. The van der Waals surface area contributed by atoms with Crippen molar-refractivity contribution in [3.05, 3.63) is 41.7 Å². The van der Waals surface area contributed by atoms with Gasteiger partial charge in [-0.25, -0.2) is 4.98 Å². The smallest absolute Gasteiger partial charge is 0.291 e. The van der Waals surface area contributed by atoms with Crippen LogP contribution in [0.15, 0.2) is 24.4 Å². The number of hydrogen-bond donors (Lipinski definition) is 2. The second-order valence-electron chi connectivity index (χ2n) is 3.25. The molecule has 0 aliphatic carbocycles. The van der Waals surface area contributed by atoms with Crippen LogP contribution >= 0.6 is 0 Å². The van der Waals surface area contributed by atoms with E-state index < -0.39 is 0 Å². The first-order valence-electron chi connectivity index (χ1n) is 4.83. The first-order chi connectivity index (χ1) is 7.75. The van der Waals surface area contributed by atoms with Crippen LogP contribution in [0.2, 0.25) is 0 Å². The zero-order chi connectivity index (χ0) is 11.4. The molecular formula is C10H11N5O. The summed E-state index contributed by atoms with van der Waals surface area (Å²) in [5, 5.41) is 9.05. The summed E-state index contributed by atoms with van der Waals surface area (Å²) in [5.74, 6) is 0.450. The second-order valence-corrected chi connectivity index (χ2v) is 3.25. The van der Waals surface area contributed by atoms with Crippen molar-refractivity contribution in [2.75, 3.05) is 0 Å². The summed E-state index contributed by atoms with van der Waals surface area (Å²) in [4.78, 5) is 19.6. The van der Waals surface area contributed by atoms with Crippen LogP contribution in [0.1, 0.15) is 22.1 Å². The topological polar surface area (TPSA) is 83.6 Å². The highest BCUT2D eigenvalue weighted by Crippen LogP contribution is 1.94. The third-order valence-corrected chi connectivity index (χ3v) is 1.96. The van der Waals surface area contributed by atoms with Crippen molar-refractivity contribution in [2.45, 2.75) is 13.5 Å². The third kappa shape index (κ3) is 2.41. The Morgan fingerprint density at radius 2 is 2.38 bits per heavy atom. The summed E-state index contributed by atoms with van der Waals surface area (Å²) in [5.41, 5.74) is 0.795. The van der Waals surface area contributed by atoms with Gasteiger partial charge >= 0.3 is 0 Å². The molecule has 2 rings (SSSR count). The quantitative estimate of drug-likeness (QED) is 0.781. The summed E-state index contributed by atoms with van der Waals surface area (Å²) < 4.78 is 0. The van der Waals surface area contributed by atoms with Crippen LogP contribution in [0.3, 0.4) is 0 Å². The number of nitrogens with one attached hydrogen (secondary N) is 2. The molecule has 0 saturated heterocycles. The van der Waals surface area contributed by atoms with Crippen LogP contribution in [-0.2, 0) is 6.54 Å². The van der Waals surface area contributed by atoms with E-state index in [-0.39, 0.29) is 11.7 Å². The lowest BCUT2D eigenvalue weighted by Crippen LogP contribution is -2.24. The average Bonchev–Trinajstić information content (AvgIpc) is 2.74. The number of carbonyl (C=O) groups excluding carboxylic acids is 1. The maximum Gasteiger partial charge on any atom is 0.291 e. The number of aromatic nitrogens is 4. The van der Waals surface area contributed by atoms with Gasteiger partial charge in [-0.1, -0.05) is 6.07 Å². The molecule has 0 unspecified atom stereocenters. The minimum absolute atomic E-state index is 0.147. The van der Waals surface area contributed by atoms with Gasteiger partial charge in [0.1, 0.15) is 5.82 Å². The van der Waals surface area contributed by atoms with Gasteiger partial charge in [-0.05, 0) is 19.1 Å². The highest BCUT2D eigenvalue weighted by atomic mass is 16.2. The molecule has 0 aromatic carbocycles. The molecule has 0 saturated carbocycles. The fourth-order valence-electron chi connectivity index (χ4n) is 1.20. The van der Waals surface area contributed by atoms with Crippen LogP contribution in [0.25, 0.3) is 0 Å². The lowest BCUT2D eigenvalue weighted by Gasteiger charge is -2.00. The second kappa shape index (κ2) is 4.52. The molecule has 0 bridgehead atoms. The van der Waals surface area contributed by atoms with Crippen molar-refractivity contribution in [1.82, 2.24) is 25.5 Å². The first kappa shape index (κ1) is 10.3. The lowest BCUT2D eigenvalue weighted by molar-refractivity contribution is 0.0940. The molecule has 82 valence electrons. The van der Waals surface area contributed by atoms with E-state index in [2.05, 4.69) is 25.5 Å². The Balaban J connectivity index is 1.94. The van der Waals surface area contributed by atoms with Gasteiger partial charge in [-0.2, -0.15) is 0 Å². The molecule has 0 aliphatic heterocycles. The SMILES string of the molecule is Cc1nc(C(=O)NCc2ccccn2)n[nH]1. The van der Waals surface area contributed by atoms with Crippen LogP contribution in [-0.4, -0.2) is 26.1 Å². The zero-order valence-corrected chi connectivity index (χ0v) is 8.77. The van der Waals surface area contributed by atoms with E-state index in [1.807, 2.05) is 18.2 Å². The average molecular weight is 217 g/mol. The van der Waals surface area contributed by atoms with Crippen LogP contribution < -0.4 is 5.32 Å². The van der Waals surface area contributed by atoms with Gasteiger partial charge in [-0.3, -0.25) is 14.9 Å². The summed E-state index contributed by atoms with van der Waals surface area (Å²) >= 11 is 0. The van der Waals surface area contributed by atoms with Gasteiger partial charge in [0.25, 0.3) is 5.91 Å². The lowest BCUT2D eigenvalue weighted by atomic mass is 10.3. The van der Waals surface area contributed by atoms with Crippen molar-refractivity contribution in [2.24, 2.45) is 0 Å². The number of carbonyl (C=O) groups is 1. The highest BCUT2D eigenvalue weighted by Gasteiger charge is 2.10. The van der Waals surface area contributed by atoms with Gasteiger partial charge in [0.2, 0.25) is 5.82 Å². The molecule has 2 heterocycles. The number of pyridine rings is 1. The zero-order valence-electron chi connectivity index (χ0n) is 8.77. The van der Waals surface area contributed by atoms with Crippen molar-refractivity contribution in [3.8, 4) is 0 Å². The first-order valence-corrected chi connectivity index (χ1v) is 4.83. The van der Waals surface area contributed by atoms with Gasteiger partial charge < -0.3 is 5.32 Å². The predicted molar refractivity (Wildman–Crippen MR) is 56.5 cm³/mol. The number of nitrogens with zero attached hydrogens (tertiary/aromatic N) is 3. The molecule has 6 nitrogen and oxygen atoms in total. The highest BCUT2D eigenvalue weighted by molar-refractivity contribution is 5.90. The number of H-pyrrole nitrogens is 1. The number of aromatic amines is 1. The van der Waals surface area contributed by atoms with Crippen LogP contribution in [0.4, 0.5) is 0 Å². The molecule has 1 amide bonds. The Morgan fingerprint density at radius 1 is 1.50 bits per heavy atom.